The summed E-state index contributed by atoms with van der Waals surface area (Å²) in [6.07, 6.45) is 2.27. The Labute approximate surface area is 135 Å². The van der Waals surface area contributed by atoms with Crippen LogP contribution in [0.4, 0.5) is 0 Å². The van der Waals surface area contributed by atoms with Crippen molar-refractivity contribution in [1.29, 1.82) is 0 Å². The average Bonchev–Trinajstić information content (AvgIpc) is 2.54. The first-order valence-corrected chi connectivity index (χ1v) is 12.6. The van der Waals surface area contributed by atoms with Crippen molar-refractivity contribution in [3.8, 4) is 0 Å². The summed E-state index contributed by atoms with van der Waals surface area (Å²) in [5, 5.41) is 1.58. The van der Waals surface area contributed by atoms with Crippen molar-refractivity contribution in [2.75, 3.05) is 0 Å². The molecule has 0 fully saturated rings. The fourth-order valence-electron chi connectivity index (χ4n) is 2.50. The highest BCUT2D eigenvalue weighted by molar-refractivity contribution is 7.75. The van der Waals surface area contributed by atoms with E-state index in [2.05, 4.69) is 20.0 Å². The fraction of sp³-hybridized carbons (Fsp3) is 0.333. The van der Waals surface area contributed by atoms with Gasteiger partial charge in [0.2, 0.25) is 0 Å². The Morgan fingerprint density at radius 3 is 1.77 bits per heavy atom. The molecule has 0 atom stereocenters. The van der Waals surface area contributed by atoms with E-state index in [1.54, 1.807) is 0 Å². The minimum Gasteiger partial charge on any atom is -0.364 e. The summed E-state index contributed by atoms with van der Waals surface area (Å²) < 4.78 is 20.2. The summed E-state index contributed by atoms with van der Waals surface area (Å²) in [5.41, 5.74) is 0. The zero-order valence-corrected chi connectivity index (χ0v) is 15.6. The highest BCUT2D eigenvalue weighted by Gasteiger charge is 2.36. The molecule has 0 aromatic heterocycles. The van der Waals surface area contributed by atoms with Crippen LogP contribution in [0.5, 0.6) is 0 Å². The van der Waals surface area contributed by atoms with Crippen molar-refractivity contribution >= 4 is 26.3 Å². The van der Waals surface area contributed by atoms with Gasteiger partial charge in [-0.3, -0.25) is 4.57 Å². The first-order valence-electron chi connectivity index (χ1n) is 7.90. The SMILES string of the molecule is CCCC[Si](C)(C)OP(=O)(c1ccccc1)c1ccccc1. The number of benzene rings is 2. The Balaban J connectivity index is 2.41. The van der Waals surface area contributed by atoms with E-state index >= 15 is 0 Å². The quantitative estimate of drug-likeness (QED) is 0.530. The first-order chi connectivity index (χ1) is 10.5. The van der Waals surface area contributed by atoms with Crippen LogP contribution in [0, 0.1) is 0 Å². The Morgan fingerprint density at radius 2 is 1.36 bits per heavy atom. The third-order valence-corrected chi connectivity index (χ3v) is 10.2. The van der Waals surface area contributed by atoms with E-state index in [1.165, 1.54) is 0 Å². The summed E-state index contributed by atoms with van der Waals surface area (Å²) >= 11 is 0. The van der Waals surface area contributed by atoms with Crippen LogP contribution >= 0.6 is 7.37 Å². The summed E-state index contributed by atoms with van der Waals surface area (Å²) in [6.45, 7) is 6.51. The van der Waals surface area contributed by atoms with Crippen molar-refractivity contribution in [1.82, 2.24) is 0 Å². The van der Waals surface area contributed by atoms with E-state index in [0.29, 0.717) is 0 Å². The second-order valence-corrected chi connectivity index (χ2v) is 13.1. The van der Waals surface area contributed by atoms with Crippen LogP contribution < -0.4 is 10.6 Å². The van der Waals surface area contributed by atoms with E-state index in [4.69, 9.17) is 4.21 Å². The Kier molecular flexibility index (Phi) is 5.79. The third-order valence-electron chi connectivity index (χ3n) is 3.70. The number of hydrogen-bond acceptors (Lipinski definition) is 2. The van der Waals surface area contributed by atoms with Crippen molar-refractivity contribution < 1.29 is 8.78 Å². The standard InChI is InChI=1S/C18H25O2PSi/c1-4-5-16-22(2,3)20-21(19,17-12-8-6-9-13-17)18-14-10-7-11-15-18/h6-15H,4-5,16H2,1-3H3. The molecule has 0 unspecified atom stereocenters. The zero-order valence-electron chi connectivity index (χ0n) is 13.7. The van der Waals surface area contributed by atoms with Crippen LogP contribution in [-0.2, 0) is 8.78 Å². The summed E-state index contributed by atoms with van der Waals surface area (Å²) in [7, 11) is -5.01. The summed E-state index contributed by atoms with van der Waals surface area (Å²) in [6, 6.07) is 20.3. The van der Waals surface area contributed by atoms with Crippen LogP contribution in [-0.4, -0.2) is 8.32 Å². The lowest BCUT2D eigenvalue weighted by Crippen LogP contribution is -2.33. The normalized spacial score (nSPS) is 12.3. The molecule has 0 aliphatic rings. The number of unbranched alkanes of at least 4 members (excludes halogenated alkanes) is 1. The largest absolute Gasteiger partial charge is 0.364 e. The lowest BCUT2D eigenvalue weighted by Gasteiger charge is -2.30. The van der Waals surface area contributed by atoms with Crippen LogP contribution in [0.1, 0.15) is 19.8 Å². The van der Waals surface area contributed by atoms with Gasteiger partial charge in [0, 0.05) is 10.6 Å². The third kappa shape index (κ3) is 4.19. The van der Waals surface area contributed by atoms with Crippen molar-refractivity contribution in [3.05, 3.63) is 60.7 Å². The maximum atomic E-state index is 13.8. The molecule has 0 aliphatic heterocycles. The molecule has 2 nitrogen and oxygen atoms in total. The zero-order chi connectivity index (χ0) is 16.1. The molecule has 0 heterocycles. The predicted molar refractivity (Wildman–Crippen MR) is 98.0 cm³/mol. The minimum atomic E-state index is -3.02. The molecular formula is C18H25O2PSi. The predicted octanol–water partition coefficient (Wildman–Crippen LogP) is 4.94. The molecule has 0 saturated carbocycles. The summed E-state index contributed by atoms with van der Waals surface area (Å²) in [5.74, 6) is 0. The topological polar surface area (TPSA) is 26.3 Å². The molecule has 0 saturated heterocycles. The first kappa shape index (κ1) is 17.2. The van der Waals surface area contributed by atoms with E-state index in [1.807, 2.05) is 60.7 Å². The van der Waals surface area contributed by atoms with E-state index in [0.717, 1.165) is 29.5 Å². The highest BCUT2D eigenvalue weighted by atomic mass is 31.2. The van der Waals surface area contributed by atoms with Gasteiger partial charge in [0.25, 0.3) is 7.37 Å². The lowest BCUT2D eigenvalue weighted by atomic mass is 10.4. The number of rotatable bonds is 7. The second kappa shape index (κ2) is 7.41. The van der Waals surface area contributed by atoms with E-state index in [-0.39, 0.29) is 0 Å². The van der Waals surface area contributed by atoms with Gasteiger partial charge in [-0.15, -0.1) is 0 Å². The number of hydrogen-bond donors (Lipinski definition) is 0. The van der Waals surface area contributed by atoms with Gasteiger partial charge in [-0.25, -0.2) is 0 Å². The molecule has 2 rings (SSSR count). The molecule has 22 heavy (non-hydrogen) atoms. The fourth-order valence-corrected chi connectivity index (χ4v) is 9.12. The maximum absolute atomic E-state index is 13.8. The smallest absolute Gasteiger partial charge is 0.251 e. The van der Waals surface area contributed by atoms with Crippen LogP contribution in [0.15, 0.2) is 60.7 Å². The van der Waals surface area contributed by atoms with Crippen LogP contribution in [0.25, 0.3) is 0 Å². The van der Waals surface area contributed by atoms with Crippen LogP contribution in [0.2, 0.25) is 19.1 Å². The Bertz CT molecular complexity index is 583. The van der Waals surface area contributed by atoms with Gasteiger partial charge in [0.05, 0.1) is 0 Å². The van der Waals surface area contributed by atoms with Gasteiger partial charge in [-0.1, -0.05) is 56.2 Å². The van der Waals surface area contributed by atoms with Gasteiger partial charge in [-0.05, 0) is 43.4 Å². The Hall–Kier alpha value is -1.15. The lowest BCUT2D eigenvalue weighted by molar-refractivity contribution is 0.496. The van der Waals surface area contributed by atoms with Crippen molar-refractivity contribution in [2.24, 2.45) is 0 Å². The molecule has 0 spiro atoms. The molecule has 2 aromatic carbocycles. The molecule has 0 amide bonds. The molecule has 4 heteroatoms. The van der Waals surface area contributed by atoms with Gasteiger partial charge >= 0.3 is 0 Å². The molecule has 0 aliphatic carbocycles. The Morgan fingerprint density at radius 1 is 0.909 bits per heavy atom. The highest BCUT2D eigenvalue weighted by Crippen LogP contribution is 2.48. The van der Waals surface area contributed by atoms with Crippen molar-refractivity contribution in [2.45, 2.75) is 38.9 Å². The monoisotopic (exact) mass is 332 g/mol. The minimum absolute atomic E-state index is 0.790. The van der Waals surface area contributed by atoms with Gasteiger partial charge in [-0.2, -0.15) is 0 Å². The van der Waals surface area contributed by atoms with E-state index in [9.17, 15) is 4.57 Å². The van der Waals surface area contributed by atoms with E-state index < -0.39 is 15.7 Å². The molecular weight excluding hydrogens is 307 g/mol. The van der Waals surface area contributed by atoms with Crippen LogP contribution in [0.3, 0.4) is 0 Å². The molecule has 0 N–H and O–H groups in total. The van der Waals surface area contributed by atoms with Gasteiger partial charge < -0.3 is 4.21 Å². The summed E-state index contributed by atoms with van der Waals surface area (Å²) in [4.78, 5) is 0. The van der Waals surface area contributed by atoms with Crippen molar-refractivity contribution in [3.63, 3.8) is 0 Å². The maximum Gasteiger partial charge on any atom is 0.251 e. The van der Waals surface area contributed by atoms with Gasteiger partial charge in [0.1, 0.15) is 0 Å². The average molecular weight is 332 g/mol. The second-order valence-electron chi connectivity index (χ2n) is 6.18. The molecule has 0 radical (unpaired) electrons. The molecule has 118 valence electrons. The molecule has 0 bridgehead atoms. The van der Waals surface area contributed by atoms with Gasteiger partial charge in [0.15, 0.2) is 8.32 Å². The molecule has 2 aromatic rings.